The van der Waals surface area contributed by atoms with Gasteiger partial charge >= 0.3 is 12.0 Å². The van der Waals surface area contributed by atoms with E-state index < -0.39 is 12.1 Å². The van der Waals surface area contributed by atoms with Gasteiger partial charge in [0.15, 0.2) is 6.10 Å². The normalized spacial score (nSPS) is 24.8. The minimum atomic E-state index is -0.937. The van der Waals surface area contributed by atoms with E-state index in [9.17, 15) is 9.59 Å². The lowest BCUT2D eigenvalue weighted by Gasteiger charge is -2.28. The first-order valence-electron chi connectivity index (χ1n) is 6.62. The maximum absolute atomic E-state index is 11.7. The lowest BCUT2D eigenvalue weighted by atomic mass is 9.88. The molecule has 6 heteroatoms. The van der Waals surface area contributed by atoms with Crippen molar-refractivity contribution in [1.82, 2.24) is 10.6 Å². The lowest BCUT2D eigenvalue weighted by molar-refractivity contribution is -0.149. The van der Waals surface area contributed by atoms with Crippen molar-refractivity contribution in [3.05, 3.63) is 0 Å². The Kier molecular flexibility index (Phi) is 5.17. The number of hydrogen-bond acceptors (Lipinski definition) is 3. The van der Waals surface area contributed by atoms with E-state index in [1.54, 1.807) is 0 Å². The molecule has 0 aromatic heterocycles. The number of amides is 2. The molecule has 0 radical (unpaired) electrons. The molecule has 0 aromatic rings. The van der Waals surface area contributed by atoms with Gasteiger partial charge in [-0.2, -0.15) is 0 Å². The van der Waals surface area contributed by atoms with E-state index in [4.69, 9.17) is 9.84 Å². The fourth-order valence-corrected chi connectivity index (χ4v) is 1.71. The Morgan fingerprint density at radius 1 is 1.37 bits per heavy atom. The van der Waals surface area contributed by atoms with Gasteiger partial charge in [0.2, 0.25) is 0 Å². The number of carbonyl (C=O) groups is 2. The van der Waals surface area contributed by atoms with Crippen molar-refractivity contribution in [1.29, 1.82) is 0 Å². The molecular formula is C13H24N2O4. The summed E-state index contributed by atoms with van der Waals surface area (Å²) in [7, 11) is 0. The van der Waals surface area contributed by atoms with E-state index >= 15 is 0 Å². The van der Waals surface area contributed by atoms with Crippen molar-refractivity contribution < 1.29 is 19.4 Å². The first kappa shape index (κ1) is 15.8. The van der Waals surface area contributed by atoms with Crippen molar-refractivity contribution in [2.24, 2.45) is 5.41 Å². The summed E-state index contributed by atoms with van der Waals surface area (Å²) in [6.45, 7) is 8.44. The van der Waals surface area contributed by atoms with Crippen LogP contribution in [-0.4, -0.2) is 41.9 Å². The Morgan fingerprint density at radius 2 is 2.00 bits per heavy atom. The molecule has 3 N–H and O–H groups in total. The standard InChI is InChI=1S/C13H24N2O4/c1-8(13(2,3)4)15-12(18)14-7-9-5-6-10(19-9)11(16)17/h8-10H,5-7H2,1-4H3,(H,16,17)(H2,14,15,18). The molecule has 1 saturated heterocycles. The maximum Gasteiger partial charge on any atom is 0.332 e. The SMILES string of the molecule is CC(NC(=O)NCC1CCC(C(=O)O)O1)C(C)(C)C. The smallest absolute Gasteiger partial charge is 0.332 e. The number of urea groups is 1. The highest BCUT2D eigenvalue weighted by molar-refractivity contribution is 5.74. The minimum Gasteiger partial charge on any atom is -0.479 e. The molecule has 0 spiro atoms. The van der Waals surface area contributed by atoms with Crippen LogP contribution >= 0.6 is 0 Å². The summed E-state index contributed by atoms with van der Waals surface area (Å²) < 4.78 is 5.30. The van der Waals surface area contributed by atoms with Crippen LogP contribution in [-0.2, 0) is 9.53 Å². The van der Waals surface area contributed by atoms with Gasteiger partial charge in [-0.3, -0.25) is 0 Å². The van der Waals surface area contributed by atoms with Crippen molar-refractivity contribution in [3.8, 4) is 0 Å². The van der Waals surface area contributed by atoms with Gasteiger partial charge in [0.25, 0.3) is 0 Å². The maximum atomic E-state index is 11.7. The van der Waals surface area contributed by atoms with E-state index in [0.29, 0.717) is 19.4 Å². The molecule has 1 aliphatic rings. The molecule has 19 heavy (non-hydrogen) atoms. The topological polar surface area (TPSA) is 87.7 Å². The molecule has 2 amide bonds. The van der Waals surface area contributed by atoms with Crippen LogP contribution in [0.1, 0.15) is 40.5 Å². The van der Waals surface area contributed by atoms with Gasteiger partial charge in [-0.05, 0) is 25.2 Å². The fourth-order valence-electron chi connectivity index (χ4n) is 1.71. The highest BCUT2D eigenvalue weighted by Gasteiger charge is 2.30. The van der Waals surface area contributed by atoms with E-state index in [1.807, 2.05) is 6.92 Å². The highest BCUT2D eigenvalue weighted by Crippen LogP contribution is 2.20. The zero-order chi connectivity index (χ0) is 14.6. The van der Waals surface area contributed by atoms with Crippen molar-refractivity contribution in [3.63, 3.8) is 0 Å². The van der Waals surface area contributed by atoms with Gasteiger partial charge in [-0.1, -0.05) is 20.8 Å². The van der Waals surface area contributed by atoms with Crippen LogP contribution in [0.25, 0.3) is 0 Å². The Hall–Kier alpha value is -1.30. The van der Waals surface area contributed by atoms with Gasteiger partial charge in [-0.25, -0.2) is 9.59 Å². The average molecular weight is 272 g/mol. The third-order valence-corrected chi connectivity index (χ3v) is 3.52. The minimum absolute atomic E-state index is 0.00436. The van der Waals surface area contributed by atoms with Crippen LogP contribution in [0.15, 0.2) is 0 Å². The van der Waals surface area contributed by atoms with Crippen LogP contribution in [0.4, 0.5) is 4.79 Å². The van der Waals surface area contributed by atoms with Crippen molar-refractivity contribution in [2.75, 3.05) is 6.54 Å². The van der Waals surface area contributed by atoms with E-state index in [0.717, 1.165) is 0 Å². The van der Waals surface area contributed by atoms with Crippen LogP contribution in [0.5, 0.6) is 0 Å². The second kappa shape index (κ2) is 6.23. The fraction of sp³-hybridized carbons (Fsp3) is 0.846. The second-order valence-electron chi connectivity index (χ2n) is 6.10. The molecule has 1 fully saturated rings. The summed E-state index contributed by atoms with van der Waals surface area (Å²) in [6, 6.07) is -0.200. The molecule has 1 aliphatic heterocycles. The van der Waals surface area contributed by atoms with E-state index in [1.165, 1.54) is 0 Å². The summed E-state index contributed by atoms with van der Waals surface area (Å²) >= 11 is 0. The summed E-state index contributed by atoms with van der Waals surface area (Å²) in [5.74, 6) is -0.937. The van der Waals surface area contributed by atoms with Crippen LogP contribution < -0.4 is 10.6 Å². The number of ether oxygens (including phenoxy) is 1. The van der Waals surface area contributed by atoms with Crippen LogP contribution in [0, 0.1) is 5.41 Å². The summed E-state index contributed by atoms with van der Waals surface area (Å²) in [5, 5.41) is 14.4. The predicted molar refractivity (Wildman–Crippen MR) is 71.0 cm³/mol. The zero-order valence-corrected chi connectivity index (χ0v) is 12.0. The summed E-state index contributed by atoms with van der Waals surface area (Å²) in [4.78, 5) is 22.4. The van der Waals surface area contributed by atoms with E-state index in [2.05, 4.69) is 31.4 Å². The van der Waals surface area contributed by atoms with Gasteiger partial charge in [0.05, 0.1) is 6.10 Å². The number of carbonyl (C=O) groups excluding carboxylic acids is 1. The van der Waals surface area contributed by atoms with Gasteiger partial charge in [0.1, 0.15) is 0 Å². The van der Waals surface area contributed by atoms with Gasteiger partial charge in [0, 0.05) is 12.6 Å². The van der Waals surface area contributed by atoms with Gasteiger partial charge < -0.3 is 20.5 Å². The lowest BCUT2D eigenvalue weighted by Crippen LogP contribution is -2.47. The Morgan fingerprint density at radius 3 is 2.47 bits per heavy atom. The zero-order valence-electron chi connectivity index (χ0n) is 12.0. The Bertz CT molecular complexity index is 338. The first-order chi connectivity index (χ1) is 8.70. The second-order valence-corrected chi connectivity index (χ2v) is 6.10. The molecule has 3 atom stereocenters. The number of hydrogen-bond donors (Lipinski definition) is 3. The van der Waals surface area contributed by atoms with Crippen molar-refractivity contribution >= 4 is 12.0 Å². The van der Waals surface area contributed by atoms with Crippen molar-refractivity contribution in [2.45, 2.75) is 58.8 Å². The third kappa shape index (κ3) is 5.06. The monoisotopic (exact) mass is 272 g/mol. The van der Waals surface area contributed by atoms with Gasteiger partial charge in [-0.15, -0.1) is 0 Å². The molecular weight excluding hydrogens is 248 g/mol. The Labute approximate surface area is 113 Å². The predicted octanol–water partition coefficient (Wildman–Crippen LogP) is 1.35. The number of rotatable bonds is 4. The summed E-state index contributed by atoms with van der Waals surface area (Å²) in [6.07, 6.45) is 0.216. The Balaban J connectivity index is 2.26. The number of nitrogens with one attached hydrogen (secondary N) is 2. The number of aliphatic carboxylic acids is 1. The molecule has 3 unspecified atom stereocenters. The molecule has 1 heterocycles. The highest BCUT2D eigenvalue weighted by atomic mass is 16.5. The van der Waals surface area contributed by atoms with E-state index in [-0.39, 0.29) is 23.6 Å². The largest absolute Gasteiger partial charge is 0.479 e. The molecule has 110 valence electrons. The molecule has 6 nitrogen and oxygen atoms in total. The average Bonchev–Trinajstić information content (AvgIpc) is 2.73. The summed E-state index contributed by atoms with van der Waals surface area (Å²) in [5.41, 5.74) is -0.00436. The number of carboxylic acids is 1. The molecule has 0 aromatic carbocycles. The number of carboxylic acid groups (broad SMARTS) is 1. The molecule has 0 aliphatic carbocycles. The molecule has 1 rings (SSSR count). The molecule has 0 bridgehead atoms. The van der Waals surface area contributed by atoms with Crippen LogP contribution in [0.3, 0.4) is 0 Å². The first-order valence-corrected chi connectivity index (χ1v) is 6.62. The quantitative estimate of drug-likeness (QED) is 0.721. The van der Waals surface area contributed by atoms with Crippen LogP contribution in [0.2, 0.25) is 0 Å². The third-order valence-electron chi connectivity index (χ3n) is 3.52. The molecule has 0 saturated carbocycles.